The third-order valence-electron chi connectivity index (χ3n) is 2.20. The zero-order valence-corrected chi connectivity index (χ0v) is 13.4. The molecule has 2 aromatic rings. The minimum absolute atomic E-state index is 0.0311. The molecule has 0 atom stereocenters. The van der Waals surface area contributed by atoms with E-state index in [9.17, 15) is 8.78 Å². The Morgan fingerprint density at radius 2 is 1.90 bits per heavy atom. The molecule has 0 aliphatic heterocycles. The Labute approximate surface area is 130 Å². The zero-order valence-electron chi connectivity index (χ0n) is 10.9. The first-order chi connectivity index (χ1) is 9.31. The summed E-state index contributed by atoms with van der Waals surface area (Å²) in [5.74, 6) is -0.437. The summed E-state index contributed by atoms with van der Waals surface area (Å²) in [6.45, 7) is 0. The first-order valence-corrected chi connectivity index (χ1v) is 6.77. The Morgan fingerprint density at radius 3 is 2.35 bits per heavy atom. The van der Waals surface area contributed by atoms with Crippen molar-refractivity contribution < 1.29 is 8.78 Å². The molecule has 0 saturated heterocycles. The minimum atomic E-state index is -0.713. The SMILES string of the molecule is CN(C)c1ncc(Br)cc1S.Nc1ccc(F)cc1F. The van der Waals surface area contributed by atoms with Crippen LogP contribution in [0.1, 0.15) is 0 Å². The van der Waals surface area contributed by atoms with Crippen molar-refractivity contribution in [2.45, 2.75) is 4.90 Å². The van der Waals surface area contributed by atoms with Crippen molar-refractivity contribution in [3.05, 3.63) is 46.6 Å². The largest absolute Gasteiger partial charge is 0.396 e. The van der Waals surface area contributed by atoms with Gasteiger partial charge in [0.2, 0.25) is 0 Å². The van der Waals surface area contributed by atoms with Crippen LogP contribution in [0.5, 0.6) is 0 Å². The van der Waals surface area contributed by atoms with Crippen LogP contribution in [0.3, 0.4) is 0 Å². The fraction of sp³-hybridized carbons (Fsp3) is 0.154. The van der Waals surface area contributed by atoms with Crippen LogP contribution < -0.4 is 10.6 Å². The van der Waals surface area contributed by atoms with Gasteiger partial charge in [-0.25, -0.2) is 13.8 Å². The number of nitrogens with two attached hydrogens (primary N) is 1. The number of thiol groups is 1. The average molecular weight is 362 g/mol. The number of benzene rings is 1. The van der Waals surface area contributed by atoms with Crippen LogP contribution in [-0.4, -0.2) is 19.1 Å². The number of nitrogen functional groups attached to an aromatic ring is 1. The van der Waals surface area contributed by atoms with E-state index in [1.807, 2.05) is 25.1 Å². The summed E-state index contributed by atoms with van der Waals surface area (Å²) in [5.41, 5.74) is 5.02. The third kappa shape index (κ3) is 4.97. The molecule has 0 bridgehead atoms. The highest BCUT2D eigenvalue weighted by Gasteiger charge is 2.01. The molecule has 2 N–H and O–H groups in total. The Balaban J connectivity index is 0.000000204. The van der Waals surface area contributed by atoms with Gasteiger partial charge >= 0.3 is 0 Å². The van der Waals surface area contributed by atoms with E-state index in [0.29, 0.717) is 0 Å². The van der Waals surface area contributed by atoms with Gasteiger partial charge in [-0.1, -0.05) is 0 Å². The van der Waals surface area contributed by atoms with E-state index >= 15 is 0 Å². The minimum Gasteiger partial charge on any atom is -0.396 e. The lowest BCUT2D eigenvalue weighted by molar-refractivity contribution is 0.586. The number of rotatable bonds is 1. The van der Waals surface area contributed by atoms with Gasteiger partial charge in [-0.05, 0) is 34.1 Å². The monoisotopic (exact) mass is 361 g/mol. The van der Waals surface area contributed by atoms with Crippen LogP contribution in [0.4, 0.5) is 20.3 Å². The molecule has 0 fully saturated rings. The van der Waals surface area contributed by atoms with E-state index in [4.69, 9.17) is 5.73 Å². The highest BCUT2D eigenvalue weighted by Crippen LogP contribution is 2.22. The van der Waals surface area contributed by atoms with Crippen molar-refractivity contribution in [2.24, 2.45) is 0 Å². The van der Waals surface area contributed by atoms with E-state index in [2.05, 4.69) is 33.5 Å². The maximum Gasteiger partial charge on any atom is 0.148 e. The summed E-state index contributed by atoms with van der Waals surface area (Å²) in [4.78, 5) is 6.98. The number of hydrogen-bond donors (Lipinski definition) is 2. The number of aromatic nitrogens is 1. The number of hydrogen-bond acceptors (Lipinski definition) is 4. The summed E-state index contributed by atoms with van der Waals surface area (Å²) < 4.78 is 25.2. The average Bonchev–Trinajstić information content (AvgIpc) is 2.34. The first kappa shape index (κ1) is 16.7. The van der Waals surface area contributed by atoms with E-state index in [-0.39, 0.29) is 5.69 Å². The summed E-state index contributed by atoms with van der Waals surface area (Å²) in [5, 5.41) is 0. The van der Waals surface area contributed by atoms with E-state index in [1.165, 1.54) is 6.07 Å². The topological polar surface area (TPSA) is 42.2 Å². The van der Waals surface area contributed by atoms with Gasteiger partial charge in [-0.2, -0.15) is 0 Å². The molecule has 1 aromatic heterocycles. The Kier molecular flexibility index (Phi) is 6.22. The third-order valence-corrected chi connectivity index (χ3v) is 2.96. The summed E-state index contributed by atoms with van der Waals surface area (Å²) in [7, 11) is 3.88. The molecule has 0 aliphatic rings. The first-order valence-electron chi connectivity index (χ1n) is 5.53. The second kappa shape index (κ2) is 7.44. The van der Waals surface area contributed by atoms with Gasteiger partial charge in [0.25, 0.3) is 0 Å². The standard InChI is InChI=1S/C7H9BrN2S.C6H5F2N/c1-10(2)7-6(11)3-5(8)4-9-7;7-4-1-2-6(9)5(8)3-4/h3-4,11H,1-2H3;1-3H,9H2. The van der Waals surface area contributed by atoms with Gasteiger partial charge in [0.1, 0.15) is 17.5 Å². The van der Waals surface area contributed by atoms with Crippen molar-refractivity contribution in [1.29, 1.82) is 0 Å². The van der Waals surface area contributed by atoms with Gasteiger partial charge in [0, 0.05) is 35.7 Å². The molecule has 20 heavy (non-hydrogen) atoms. The fourth-order valence-electron chi connectivity index (χ4n) is 1.27. The number of nitrogens with zero attached hydrogens (tertiary/aromatic N) is 2. The highest BCUT2D eigenvalue weighted by molar-refractivity contribution is 9.10. The number of halogens is 3. The van der Waals surface area contributed by atoms with Gasteiger partial charge in [-0.3, -0.25) is 0 Å². The van der Waals surface area contributed by atoms with Crippen molar-refractivity contribution in [3.63, 3.8) is 0 Å². The van der Waals surface area contributed by atoms with Crippen LogP contribution in [-0.2, 0) is 0 Å². The van der Waals surface area contributed by atoms with Crippen molar-refractivity contribution in [3.8, 4) is 0 Å². The number of pyridine rings is 1. The second-order valence-corrected chi connectivity index (χ2v) is 5.45. The molecule has 7 heteroatoms. The molecule has 0 unspecified atom stereocenters. The predicted molar refractivity (Wildman–Crippen MR) is 84.3 cm³/mol. The van der Waals surface area contributed by atoms with Gasteiger partial charge < -0.3 is 10.6 Å². The number of anilines is 2. The normalized spacial score (nSPS) is 9.70. The lowest BCUT2D eigenvalue weighted by atomic mass is 10.3. The molecule has 2 rings (SSSR count). The summed E-state index contributed by atoms with van der Waals surface area (Å²) in [6.07, 6.45) is 1.76. The maximum absolute atomic E-state index is 12.2. The molecule has 0 spiro atoms. The second-order valence-electron chi connectivity index (χ2n) is 4.06. The molecular formula is C13H14BrF2N3S. The predicted octanol–water partition coefficient (Wildman–Crippen LogP) is 3.75. The molecule has 0 saturated carbocycles. The van der Waals surface area contributed by atoms with E-state index in [1.54, 1.807) is 6.20 Å². The lowest BCUT2D eigenvalue weighted by Crippen LogP contribution is -2.11. The van der Waals surface area contributed by atoms with Crippen LogP contribution in [0, 0.1) is 11.6 Å². The van der Waals surface area contributed by atoms with Crippen LogP contribution >= 0.6 is 28.6 Å². The Morgan fingerprint density at radius 1 is 1.25 bits per heavy atom. The zero-order chi connectivity index (χ0) is 15.3. The molecule has 1 aromatic carbocycles. The smallest absolute Gasteiger partial charge is 0.148 e. The lowest BCUT2D eigenvalue weighted by Gasteiger charge is -2.12. The fourth-order valence-corrected chi connectivity index (χ4v) is 2.17. The molecular weight excluding hydrogens is 348 g/mol. The quantitative estimate of drug-likeness (QED) is 0.600. The summed E-state index contributed by atoms with van der Waals surface area (Å²) >= 11 is 7.59. The maximum atomic E-state index is 12.2. The van der Waals surface area contributed by atoms with Gasteiger partial charge in [0.15, 0.2) is 0 Å². The van der Waals surface area contributed by atoms with Crippen LogP contribution in [0.15, 0.2) is 39.8 Å². The van der Waals surface area contributed by atoms with Crippen LogP contribution in [0.2, 0.25) is 0 Å². The highest BCUT2D eigenvalue weighted by atomic mass is 79.9. The van der Waals surface area contributed by atoms with Gasteiger partial charge in [0.05, 0.1) is 5.69 Å². The molecule has 3 nitrogen and oxygen atoms in total. The van der Waals surface area contributed by atoms with E-state index < -0.39 is 11.6 Å². The van der Waals surface area contributed by atoms with Crippen molar-refractivity contribution >= 4 is 40.1 Å². The summed E-state index contributed by atoms with van der Waals surface area (Å²) in [6, 6.07) is 4.96. The Bertz CT molecular complexity index is 594. The van der Waals surface area contributed by atoms with E-state index in [0.717, 1.165) is 27.3 Å². The molecule has 0 aliphatic carbocycles. The Hall–Kier alpha value is -1.34. The molecule has 0 amide bonds. The van der Waals surface area contributed by atoms with Crippen molar-refractivity contribution in [1.82, 2.24) is 4.98 Å². The molecule has 0 radical (unpaired) electrons. The molecule has 1 heterocycles. The molecule has 108 valence electrons. The van der Waals surface area contributed by atoms with Crippen LogP contribution in [0.25, 0.3) is 0 Å². The van der Waals surface area contributed by atoms with Gasteiger partial charge in [-0.15, -0.1) is 12.6 Å². The van der Waals surface area contributed by atoms with Crippen molar-refractivity contribution in [2.75, 3.05) is 24.7 Å².